The van der Waals surface area contributed by atoms with Gasteiger partial charge in [0.15, 0.2) is 0 Å². The van der Waals surface area contributed by atoms with E-state index in [0.717, 1.165) is 0 Å². The molecule has 0 aliphatic heterocycles. The second kappa shape index (κ2) is 11.4. The summed E-state index contributed by atoms with van der Waals surface area (Å²) >= 11 is 0. The van der Waals surface area contributed by atoms with Crippen molar-refractivity contribution in [3.05, 3.63) is 0 Å². The molecule has 2 N–H and O–H groups in total. The van der Waals surface area contributed by atoms with Crippen LogP contribution in [0, 0.1) is 0 Å². The molecule has 0 aromatic rings. The van der Waals surface area contributed by atoms with Crippen LogP contribution in [-0.2, 0) is 36.2 Å². The Morgan fingerprint density at radius 2 is 0.947 bits per heavy atom. The van der Waals surface area contributed by atoms with Crippen molar-refractivity contribution < 1.29 is 66.9 Å². The van der Waals surface area contributed by atoms with Crippen LogP contribution in [-0.4, -0.2) is 46.3 Å². The van der Waals surface area contributed by atoms with Crippen molar-refractivity contribution in [1.29, 1.82) is 0 Å². The smallest absolute Gasteiger partial charge is 0.0985 e. The fourth-order valence-corrected chi connectivity index (χ4v) is 0.482. The minimum Gasteiger partial charge on any atom is -0.550 e. The minimum atomic E-state index is -1.96. The number of aliphatic carboxylic acids is 4. The van der Waals surface area contributed by atoms with Gasteiger partial charge < -0.3 is 49.8 Å². The van der Waals surface area contributed by atoms with Crippen LogP contribution in [0.2, 0.25) is 0 Å². The zero-order valence-electron chi connectivity index (χ0n) is 9.03. The van der Waals surface area contributed by atoms with Gasteiger partial charge >= 0.3 is 0 Å². The van der Waals surface area contributed by atoms with Crippen LogP contribution in [0.4, 0.5) is 0 Å². The third-order valence-electron chi connectivity index (χ3n) is 1.26. The number of rotatable bonds is 6. The van der Waals surface area contributed by atoms with E-state index in [-0.39, 0.29) is 17.1 Å². The Hall–Kier alpha value is -1.68. The second-order valence-corrected chi connectivity index (χ2v) is 2.82. The van der Waals surface area contributed by atoms with Crippen molar-refractivity contribution in [2.24, 2.45) is 0 Å². The maximum absolute atomic E-state index is 9.58. The second-order valence-electron chi connectivity index (χ2n) is 2.82. The van der Waals surface area contributed by atoms with E-state index >= 15 is 0 Å². The van der Waals surface area contributed by atoms with Gasteiger partial charge in [-0.05, 0) is 0 Å². The summed E-state index contributed by atoms with van der Waals surface area (Å²) in [7, 11) is 0. The van der Waals surface area contributed by atoms with Crippen LogP contribution in [0.1, 0.15) is 12.8 Å². The van der Waals surface area contributed by atoms with E-state index in [1.54, 1.807) is 0 Å². The predicted molar refractivity (Wildman–Crippen MR) is 41.3 cm³/mol. The summed E-state index contributed by atoms with van der Waals surface area (Å²) in [4.78, 5) is 38.3. The number of aliphatic hydroxyl groups excluding tert-OH is 2. The molecule has 10 nitrogen and oxygen atoms in total. The van der Waals surface area contributed by atoms with E-state index in [9.17, 15) is 39.6 Å². The van der Waals surface area contributed by atoms with Gasteiger partial charge in [-0.1, -0.05) is 0 Å². The van der Waals surface area contributed by atoms with Crippen LogP contribution in [0.5, 0.6) is 0 Å². The molecule has 0 aromatic heterocycles. The SMILES string of the molecule is O=C([O-])CC(O)C(=O)[O-].O=C([O-])CC(O)C(=O)[O-].[Cu]. The first-order valence-corrected chi connectivity index (χ1v) is 4.25. The van der Waals surface area contributed by atoms with E-state index in [2.05, 4.69) is 0 Å². The third-order valence-corrected chi connectivity index (χ3v) is 1.26. The van der Waals surface area contributed by atoms with Gasteiger partial charge in [0.2, 0.25) is 0 Å². The van der Waals surface area contributed by atoms with Crippen molar-refractivity contribution in [3.63, 3.8) is 0 Å². The predicted octanol–water partition coefficient (Wildman–Crippen LogP) is -7.53. The van der Waals surface area contributed by atoms with E-state index in [1.165, 1.54) is 0 Å². The molecule has 0 saturated carbocycles. The number of hydrogen-bond acceptors (Lipinski definition) is 10. The average Bonchev–Trinajstić information content (AvgIpc) is 2.16. The Balaban J connectivity index is -0.000000256. The molecular weight excluding hydrogens is 320 g/mol. The summed E-state index contributed by atoms with van der Waals surface area (Å²) in [6.07, 6.45) is -5.78. The number of hydrogen-bond donors (Lipinski definition) is 2. The van der Waals surface area contributed by atoms with Gasteiger partial charge in [0, 0.05) is 41.8 Å². The average molecular weight is 328 g/mol. The maximum atomic E-state index is 9.58. The number of carbonyl (C=O) groups excluding carboxylic acids is 4. The van der Waals surface area contributed by atoms with Crippen molar-refractivity contribution in [2.45, 2.75) is 25.0 Å². The van der Waals surface area contributed by atoms with E-state index in [4.69, 9.17) is 10.2 Å². The van der Waals surface area contributed by atoms with Crippen LogP contribution in [0.25, 0.3) is 0 Å². The molecule has 1 radical (unpaired) electrons. The van der Waals surface area contributed by atoms with Gasteiger partial charge in [0.05, 0.1) is 24.1 Å². The van der Waals surface area contributed by atoms with Gasteiger partial charge in [-0.2, -0.15) is 0 Å². The summed E-state index contributed by atoms with van der Waals surface area (Å²) < 4.78 is 0. The Morgan fingerprint density at radius 3 is 1.00 bits per heavy atom. The van der Waals surface area contributed by atoms with Gasteiger partial charge in [-0.15, -0.1) is 0 Å². The molecule has 0 bridgehead atoms. The van der Waals surface area contributed by atoms with Gasteiger partial charge in [-0.25, -0.2) is 0 Å². The third kappa shape index (κ3) is 16.3. The molecule has 0 fully saturated rings. The van der Waals surface area contributed by atoms with Crippen LogP contribution in [0.3, 0.4) is 0 Å². The van der Waals surface area contributed by atoms with E-state index in [0.29, 0.717) is 0 Å². The molecular formula is C8H8CuO10-4. The van der Waals surface area contributed by atoms with Crippen molar-refractivity contribution in [3.8, 4) is 0 Å². The molecule has 115 valence electrons. The van der Waals surface area contributed by atoms with Crippen molar-refractivity contribution in [1.82, 2.24) is 0 Å². The zero-order chi connectivity index (χ0) is 14.9. The van der Waals surface area contributed by atoms with Crippen molar-refractivity contribution >= 4 is 23.9 Å². The Morgan fingerprint density at radius 1 is 0.737 bits per heavy atom. The van der Waals surface area contributed by atoms with E-state index < -0.39 is 48.9 Å². The molecule has 11 heteroatoms. The monoisotopic (exact) mass is 327 g/mol. The molecule has 0 spiro atoms. The van der Waals surface area contributed by atoms with Crippen LogP contribution >= 0.6 is 0 Å². The Bertz CT molecular complexity index is 295. The van der Waals surface area contributed by atoms with Gasteiger partial charge in [0.25, 0.3) is 0 Å². The van der Waals surface area contributed by atoms with Gasteiger partial charge in [-0.3, -0.25) is 0 Å². The molecule has 2 atom stereocenters. The van der Waals surface area contributed by atoms with E-state index in [1.807, 2.05) is 0 Å². The standard InChI is InChI=1S/2C4H6O5.Cu/c2*5-2(4(8)9)1-3(6)7;/h2*2,5H,1H2,(H,6,7)(H,8,9);/p-4. The molecule has 0 aromatic carbocycles. The molecule has 0 amide bonds. The summed E-state index contributed by atoms with van der Waals surface area (Å²) in [6.45, 7) is 0. The topological polar surface area (TPSA) is 201 Å². The number of carboxylic acid groups (broad SMARTS) is 4. The fourth-order valence-electron chi connectivity index (χ4n) is 0.482. The first kappa shape index (κ1) is 22.5. The molecule has 0 aliphatic carbocycles. The summed E-state index contributed by atoms with van der Waals surface area (Å²) in [5.41, 5.74) is 0. The first-order valence-electron chi connectivity index (χ1n) is 4.25. The number of carbonyl (C=O) groups is 4. The van der Waals surface area contributed by atoms with Gasteiger partial charge in [0.1, 0.15) is 0 Å². The minimum absolute atomic E-state index is 0. The maximum Gasteiger partial charge on any atom is 0.0985 e. The quantitative estimate of drug-likeness (QED) is 0.441. The normalized spacial score (nSPS) is 11.9. The summed E-state index contributed by atoms with van der Waals surface area (Å²) in [5.74, 6) is -6.85. The molecule has 0 aliphatic rings. The summed E-state index contributed by atoms with van der Waals surface area (Å²) in [6, 6.07) is 0. The first-order chi connectivity index (χ1) is 8.07. The number of carboxylic acids is 4. The van der Waals surface area contributed by atoms with Crippen LogP contribution in [0.15, 0.2) is 0 Å². The number of aliphatic hydroxyl groups is 2. The largest absolute Gasteiger partial charge is 0.550 e. The fraction of sp³-hybridized carbons (Fsp3) is 0.500. The zero-order valence-corrected chi connectivity index (χ0v) is 9.97. The molecule has 0 heterocycles. The Labute approximate surface area is 116 Å². The van der Waals surface area contributed by atoms with Crippen molar-refractivity contribution in [2.75, 3.05) is 0 Å². The molecule has 0 rings (SSSR count). The Kier molecular flexibility index (Phi) is 13.5. The molecule has 19 heavy (non-hydrogen) atoms. The molecule has 2 unspecified atom stereocenters. The molecule has 0 saturated heterocycles. The summed E-state index contributed by atoms with van der Waals surface area (Å²) in [5, 5.41) is 54.7. The van der Waals surface area contributed by atoms with Crippen LogP contribution < -0.4 is 20.4 Å².